The zero-order valence-electron chi connectivity index (χ0n) is 11.9. The maximum atomic E-state index is 12.1. The predicted molar refractivity (Wildman–Crippen MR) is 79.3 cm³/mol. The van der Waals surface area contributed by atoms with Crippen molar-refractivity contribution in [2.24, 2.45) is 5.92 Å². The lowest BCUT2D eigenvalue weighted by Crippen LogP contribution is -2.28. The molecule has 0 heterocycles. The third kappa shape index (κ3) is 4.52. The van der Waals surface area contributed by atoms with Crippen LogP contribution in [0.4, 0.5) is 5.69 Å². The Kier molecular flexibility index (Phi) is 4.97. The predicted octanol–water partition coefficient (Wildman–Crippen LogP) is 1.08. The van der Waals surface area contributed by atoms with Gasteiger partial charge < -0.3 is 10.4 Å². The number of aliphatic hydroxyl groups excluding tert-OH is 1. The molecule has 1 saturated carbocycles. The lowest BCUT2D eigenvalue weighted by atomic mass is 10.1. The Morgan fingerprint density at radius 3 is 2.48 bits per heavy atom. The molecule has 1 aliphatic carbocycles. The summed E-state index contributed by atoms with van der Waals surface area (Å²) in [6, 6.07) is 6.01. The van der Waals surface area contributed by atoms with Gasteiger partial charge in [-0.15, -0.1) is 0 Å². The Hall–Kier alpha value is -1.44. The first-order chi connectivity index (χ1) is 9.87. The quantitative estimate of drug-likeness (QED) is 0.758. The minimum Gasteiger partial charge on any atom is -0.393 e. The molecular weight excluding hydrogens is 292 g/mol. The first-order valence-corrected chi connectivity index (χ1v) is 8.40. The van der Waals surface area contributed by atoms with Crippen LogP contribution in [-0.2, 0) is 14.8 Å². The zero-order valence-corrected chi connectivity index (χ0v) is 12.7. The van der Waals surface area contributed by atoms with E-state index in [1.807, 2.05) is 0 Å². The first kappa shape index (κ1) is 15.9. The van der Waals surface area contributed by atoms with Crippen molar-refractivity contribution >= 4 is 21.6 Å². The van der Waals surface area contributed by atoms with Gasteiger partial charge in [0, 0.05) is 19.2 Å². The Labute approximate surface area is 124 Å². The van der Waals surface area contributed by atoms with E-state index in [0.717, 1.165) is 12.8 Å². The highest BCUT2D eigenvalue weighted by molar-refractivity contribution is 7.89. The molecule has 7 heteroatoms. The van der Waals surface area contributed by atoms with Gasteiger partial charge in [0.15, 0.2) is 0 Å². The SMILES string of the molecule is CC(=O)Nc1ccc(S(=O)(=O)NCC2CCC(O)C2)cc1. The van der Waals surface area contributed by atoms with E-state index >= 15 is 0 Å². The number of carbonyl (C=O) groups is 1. The van der Waals surface area contributed by atoms with Crippen LogP contribution in [0.5, 0.6) is 0 Å². The van der Waals surface area contributed by atoms with Crippen molar-refractivity contribution in [1.82, 2.24) is 4.72 Å². The minimum atomic E-state index is -3.55. The largest absolute Gasteiger partial charge is 0.393 e. The van der Waals surface area contributed by atoms with Crippen molar-refractivity contribution in [2.75, 3.05) is 11.9 Å². The van der Waals surface area contributed by atoms with Crippen LogP contribution < -0.4 is 10.0 Å². The van der Waals surface area contributed by atoms with Crippen LogP contribution in [-0.4, -0.2) is 32.1 Å². The van der Waals surface area contributed by atoms with Crippen molar-refractivity contribution in [2.45, 2.75) is 37.2 Å². The molecule has 2 rings (SSSR count). The smallest absolute Gasteiger partial charge is 0.240 e. The van der Waals surface area contributed by atoms with Crippen molar-refractivity contribution in [1.29, 1.82) is 0 Å². The standard InChI is InChI=1S/C14H20N2O4S/c1-10(17)16-12-3-6-14(7-4-12)21(19,20)15-9-11-2-5-13(18)8-11/h3-4,6-7,11,13,15,18H,2,5,8-9H2,1H3,(H,16,17). The van der Waals surface area contributed by atoms with E-state index < -0.39 is 10.0 Å². The molecule has 0 bridgehead atoms. The van der Waals surface area contributed by atoms with Gasteiger partial charge in [-0.3, -0.25) is 4.79 Å². The summed E-state index contributed by atoms with van der Waals surface area (Å²) >= 11 is 0. The fraction of sp³-hybridized carbons (Fsp3) is 0.500. The summed E-state index contributed by atoms with van der Waals surface area (Å²) in [4.78, 5) is 11.1. The maximum absolute atomic E-state index is 12.1. The lowest BCUT2D eigenvalue weighted by Gasteiger charge is -2.12. The molecule has 1 aromatic rings. The highest BCUT2D eigenvalue weighted by atomic mass is 32.2. The topological polar surface area (TPSA) is 95.5 Å². The summed E-state index contributed by atoms with van der Waals surface area (Å²) in [6.45, 7) is 1.73. The van der Waals surface area contributed by atoms with E-state index in [0.29, 0.717) is 18.7 Å². The van der Waals surface area contributed by atoms with Gasteiger partial charge in [-0.25, -0.2) is 13.1 Å². The molecule has 1 fully saturated rings. The molecule has 1 amide bonds. The van der Waals surface area contributed by atoms with E-state index in [-0.39, 0.29) is 22.8 Å². The summed E-state index contributed by atoms with van der Waals surface area (Å²) in [5.41, 5.74) is 0.556. The number of hydrogen-bond donors (Lipinski definition) is 3. The van der Waals surface area contributed by atoms with Crippen LogP contribution in [0.2, 0.25) is 0 Å². The van der Waals surface area contributed by atoms with Crippen LogP contribution in [0.1, 0.15) is 26.2 Å². The number of nitrogens with one attached hydrogen (secondary N) is 2. The molecule has 0 aromatic heterocycles. The van der Waals surface area contributed by atoms with E-state index in [4.69, 9.17) is 0 Å². The first-order valence-electron chi connectivity index (χ1n) is 6.92. The Morgan fingerprint density at radius 1 is 1.29 bits per heavy atom. The van der Waals surface area contributed by atoms with Gasteiger partial charge in [0.25, 0.3) is 0 Å². The van der Waals surface area contributed by atoms with E-state index in [2.05, 4.69) is 10.0 Å². The van der Waals surface area contributed by atoms with Crippen LogP contribution in [0.25, 0.3) is 0 Å². The van der Waals surface area contributed by atoms with Gasteiger partial charge in [-0.05, 0) is 49.4 Å². The second-order valence-corrected chi connectivity index (χ2v) is 7.16. The molecule has 0 radical (unpaired) electrons. The zero-order chi connectivity index (χ0) is 15.5. The Balaban J connectivity index is 1.97. The van der Waals surface area contributed by atoms with Crippen molar-refractivity contribution in [3.63, 3.8) is 0 Å². The molecule has 21 heavy (non-hydrogen) atoms. The number of hydrogen-bond acceptors (Lipinski definition) is 4. The van der Waals surface area contributed by atoms with E-state index in [9.17, 15) is 18.3 Å². The molecular formula is C14H20N2O4S. The molecule has 0 spiro atoms. The average molecular weight is 312 g/mol. The lowest BCUT2D eigenvalue weighted by molar-refractivity contribution is -0.114. The van der Waals surface area contributed by atoms with E-state index in [1.165, 1.54) is 19.1 Å². The average Bonchev–Trinajstić information content (AvgIpc) is 2.82. The molecule has 116 valence electrons. The van der Waals surface area contributed by atoms with Gasteiger partial charge >= 0.3 is 0 Å². The molecule has 0 saturated heterocycles. The summed E-state index contributed by atoms with van der Waals surface area (Å²) in [7, 11) is -3.55. The molecule has 1 aliphatic rings. The second-order valence-electron chi connectivity index (χ2n) is 5.39. The number of amides is 1. The number of carbonyl (C=O) groups excluding carboxylic acids is 1. The van der Waals surface area contributed by atoms with Crippen LogP contribution in [0, 0.1) is 5.92 Å². The second kappa shape index (κ2) is 6.55. The van der Waals surface area contributed by atoms with Crippen molar-refractivity contribution in [3.8, 4) is 0 Å². The summed E-state index contributed by atoms with van der Waals surface area (Å²) in [6.07, 6.45) is 1.91. The molecule has 6 nitrogen and oxygen atoms in total. The van der Waals surface area contributed by atoms with Crippen molar-refractivity contribution in [3.05, 3.63) is 24.3 Å². The van der Waals surface area contributed by atoms with Gasteiger partial charge in [0.1, 0.15) is 0 Å². The van der Waals surface area contributed by atoms with Crippen molar-refractivity contribution < 1.29 is 18.3 Å². The number of benzene rings is 1. The summed E-state index contributed by atoms with van der Waals surface area (Å²) in [5, 5.41) is 12.0. The number of aliphatic hydroxyl groups is 1. The van der Waals surface area contributed by atoms with Gasteiger partial charge in [-0.2, -0.15) is 0 Å². The van der Waals surface area contributed by atoms with Gasteiger partial charge in [0.05, 0.1) is 11.0 Å². The molecule has 3 N–H and O–H groups in total. The normalized spacial score (nSPS) is 22.2. The minimum absolute atomic E-state index is 0.162. The number of sulfonamides is 1. The number of rotatable bonds is 5. The van der Waals surface area contributed by atoms with Crippen LogP contribution >= 0.6 is 0 Å². The number of anilines is 1. The highest BCUT2D eigenvalue weighted by Crippen LogP contribution is 2.25. The van der Waals surface area contributed by atoms with Crippen LogP contribution in [0.15, 0.2) is 29.2 Å². The highest BCUT2D eigenvalue weighted by Gasteiger charge is 2.24. The molecule has 1 aromatic carbocycles. The third-order valence-electron chi connectivity index (χ3n) is 3.56. The van der Waals surface area contributed by atoms with Crippen LogP contribution in [0.3, 0.4) is 0 Å². The summed E-state index contributed by atoms with van der Waals surface area (Å²) < 4.78 is 26.9. The fourth-order valence-electron chi connectivity index (χ4n) is 2.47. The molecule has 2 unspecified atom stereocenters. The fourth-order valence-corrected chi connectivity index (χ4v) is 3.58. The van der Waals surface area contributed by atoms with E-state index in [1.54, 1.807) is 12.1 Å². The third-order valence-corrected chi connectivity index (χ3v) is 5.00. The summed E-state index contributed by atoms with van der Waals surface area (Å²) in [5.74, 6) is -0.0167. The van der Waals surface area contributed by atoms with Gasteiger partial charge in [0.2, 0.25) is 15.9 Å². The molecule has 0 aliphatic heterocycles. The monoisotopic (exact) mass is 312 g/mol. The Bertz CT molecular complexity index is 598. The molecule has 2 atom stereocenters. The Morgan fingerprint density at radius 2 is 1.95 bits per heavy atom. The van der Waals surface area contributed by atoms with Gasteiger partial charge in [-0.1, -0.05) is 0 Å². The maximum Gasteiger partial charge on any atom is 0.240 e.